The molecule has 138 valence electrons. The molecule has 0 saturated heterocycles. The molecule has 1 aromatic carbocycles. The molecule has 0 fully saturated rings. The highest BCUT2D eigenvalue weighted by Crippen LogP contribution is 2.15. The minimum atomic E-state index is -0.625. The van der Waals surface area contributed by atoms with Gasteiger partial charge in [-0.25, -0.2) is 14.5 Å². The lowest BCUT2D eigenvalue weighted by Gasteiger charge is -2.07. The van der Waals surface area contributed by atoms with Gasteiger partial charge in [0.2, 0.25) is 0 Å². The Morgan fingerprint density at radius 3 is 2.59 bits per heavy atom. The van der Waals surface area contributed by atoms with E-state index in [9.17, 15) is 9.59 Å². The van der Waals surface area contributed by atoms with Gasteiger partial charge in [-0.1, -0.05) is 6.07 Å². The second-order valence-corrected chi connectivity index (χ2v) is 5.60. The number of amides is 1. The van der Waals surface area contributed by atoms with E-state index >= 15 is 0 Å². The van der Waals surface area contributed by atoms with Crippen LogP contribution in [-0.2, 0) is 9.53 Å². The molecule has 0 unspecified atom stereocenters. The van der Waals surface area contributed by atoms with Gasteiger partial charge in [0.05, 0.1) is 19.0 Å². The van der Waals surface area contributed by atoms with E-state index in [0.29, 0.717) is 22.9 Å². The first-order chi connectivity index (χ1) is 13.1. The SMILES string of the molecule is COc1ccc(NC(=O)COC(=O)c2cnn(-c3ccccn3)c2C)cc1. The molecule has 0 aliphatic heterocycles. The van der Waals surface area contributed by atoms with Gasteiger partial charge < -0.3 is 14.8 Å². The minimum Gasteiger partial charge on any atom is -0.497 e. The van der Waals surface area contributed by atoms with Gasteiger partial charge in [0.25, 0.3) is 5.91 Å². The van der Waals surface area contributed by atoms with Crippen LogP contribution >= 0.6 is 0 Å². The van der Waals surface area contributed by atoms with Crippen LogP contribution in [-0.4, -0.2) is 40.4 Å². The number of carbonyl (C=O) groups excluding carboxylic acids is 2. The highest BCUT2D eigenvalue weighted by atomic mass is 16.5. The van der Waals surface area contributed by atoms with Crippen molar-refractivity contribution in [2.75, 3.05) is 19.0 Å². The Hall–Kier alpha value is -3.68. The van der Waals surface area contributed by atoms with E-state index in [1.807, 2.05) is 6.07 Å². The summed E-state index contributed by atoms with van der Waals surface area (Å²) in [7, 11) is 1.56. The number of nitrogens with one attached hydrogen (secondary N) is 1. The predicted octanol–water partition coefficient (Wildman–Crippen LogP) is 2.38. The maximum Gasteiger partial charge on any atom is 0.342 e. The van der Waals surface area contributed by atoms with Crippen molar-refractivity contribution in [3.8, 4) is 11.6 Å². The smallest absolute Gasteiger partial charge is 0.342 e. The molecule has 3 rings (SSSR count). The Morgan fingerprint density at radius 2 is 1.93 bits per heavy atom. The van der Waals surface area contributed by atoms with E-state index in [0.717, 1.165) is 0 Å². The van der Waals surface area contributed by atoms with Crippen LogP contribution in [0.25, 0.3) is 5.82 Å². The minimum absolute atomic E-state index is 0.276. The van der Waals surface area contributed by atoms with E-state index in [2.05, 4.69) is 15.4 Å². The van der Waals surface area contributed by atoms with Crippen LogP contribution < -0.4 is 10.1 Å². The van der Waals surface area contributed by atoms with Gasteiger partial charge in [-0.05, 0) is 43.3 Å². The first-order valence-corrected chi connectivity index (χ1v) is 8.15. The second-order valence-electron chi connectivity index (χ2n) is 5.60. The van der Waals surface area contributed by atoms with Gasteiger partial charge in [-0.15, -0.1) is 0 Å². The summed E-state index contributed by atoms with van der Waals surface area (Å²) in [6.45, 7) is 1.33. The van der Waals surface area contributed by atoms with E-state index in [1.165, 1.54) is 10.9 Å². The van der Waals surface area contributed by atoms with Crippen molar-refractivity contribution in [3.63, 3.8) is 0 Å². The third kappa shape index (κ3) is 4.30. The van der Waals surface area contributed by atoms with Crippen molar-refractivity contribution in [2.24, 2.45) is 0 Å². The molecule has 0 radical (unpaired) electrons. The number of rotatable bonds is 6. The van der Waals surface area contributed by atoms with Gasteiger partial charge >= 0.3 is 5.97 Å². The van der Waals surface area contributed by atoms with Crippen molar-refractivity contribution in [1.29, 1.82) is 0 Å². The fourth-order valence-electron chi connectivity index (χ4n) is 2.40. The van der Waals surface area contributed by atoms with Crippen LogP contribution in [0.1, 0.15) is 16.1 Å². The number of aromatic nitrogens is 3. The summed E-state index contributed by atoms with van der Waals surface area (Å²) in [6, 6.07) is 12.2. The molecule has 2 aromatic heterocycles. The highest BCUT2D eigenvalue weighted by Gasteiger charge is 2.18. The Kier molecular flexibility index (Phi) is 5.46. The lowest BCUT2D eigenvalue weighted by atomic mass is 10.2. The van der Waals surface area contributed by atoms with Gasteiger partial charge in [0.15, 0.2) is 12.4 Å². The number of nitrogens with zero attached hydrogens (tertiary/aromatic N) is 3. The standard InChI is InChI=1S/C19H18N4O4/c1-13-16(11-21-23(13)17-5-3-4-10-20-17)19(25)27-12-18(24)22-14-6-8-15(26-2)9-7-14/h3-11H,12H2,1-2H3,(H,22,24). The first kappa shape index (κ1) is 18.1. The molecular formula is C19H18N4O4. The van der Waals surface area contributed by atoms with Crippen LogP contribution in [0.4, 0.5) is 5.69 Å². The van der Waals surface area contributed by atoms with Crippen LogP contribution in [0.3, 0.4) is 0 Å². The fraction of sp³-hybridized carbons (Fsp3) is 0.158. The summed E-state index contributed by atoms with van der Waals surface area (Å²) in [5.74, 6) is 0.203. The number of pyridine rings is 1. The average molecular weight is 366 g/mol. The number of anilines is 1. The highest BCUT2D eigenvalue weighted by molar-refractivity contribution is 5.95. The van der Waals surface area contributed by atoms with Gasteiger partial charge in [-0.2, -0.15) is 5.10 Å². The predicted molar refractivity (Wildman–Crippen MR) is 98.0 cm³/mol. The number of esters is 1. The summed E-state index contributed by atoms with van der Waals surface area (Å²) in [5.41, 5.74) is 1.43. The zero-order chi connectivity index (χ0) is 19.2. The molecule has 0 bridgehead atoms. The molecular weight excluding hydrogens is 348 g/mol. The van der Waals surface area contributed by atoms with Crippen molar-refractivity contribution in [3.05, 3.63) is 66.1 Å². The maximum atomic E-state index is 12.3. The second kappa shape index (κ2) is 8.13. The van der Waals surface area contributed by atoms with Crippen molar-refractivity contribution in [1.82, 2.24) is 14.8 Å². The molecule has 8 nitrogen and oxygen atoms in total. The van der Waals surface area contributed by atoms with Gasteiger partial charge in [-0.3, -0.25) is 4.79 Å². The van der Waals surface area contributed by atoms with E-state index in [1.54, 1.807) is 56.6 Å². The third-order valence-corrected chi connectivity index (χ3v) is 3.80. The molecule has 2 heterocycles. The normalized spacial score (nSPS) is 10.3. The molecule has 0 aliphatic rings. The molecule has 1 amide bonds. The molecule has 27 heavy (non-hydrogen) atoms. The quantitative estimate of drug-likeness (QED) is 0.673. The lowest BCUT2D eigenvalue weighted by Crippen LogP contribution is -2.21. The van der Waals surface area contributed by atoms with Crippen molar-refractivity contribution >= 4 is 17.6 Å². The number of hydrogen-bond donors (Lipinski definition) is 1. The van der Waals surface area contributed by atoms with Crippen LogP contribution in [0.15, 0.2) is 54.9 Å². The lowest BCUT2D eigenvalue weighted by molar-refractivity contribution is -0.119. The Bertz CT molecular complexity index is 936. The molecule has 1 N–H and O–H groups in total. The Morgan fingerprint density at radius 1 is 1.15 bits per heavy atom. The van der Waals surface area contributed by atoms with E-state index in [-0.39, 0.29) is 5.56 Å². The molecule has 8 heteroatoms. The largest absolute Gasteiger partial charge is 0.497 e. The third-order valence-electron chi connectivity index (χ3n) is 3.80. The summed E-state index contributed by atoms with van der Waals surface area (Å²) in [5, 5.41) is 6.80. The Labute approximate surface area is 155 Å². The number of benzene rings is 1. The first-order valence-electron chi connectivity index (χ1n) is 8.15. The maximum absolute atomic E-state index is 12.3. The summed E-state index contributed by atoms with van der Waals surface area (Å²) in [6.07, 6.45) is 3.03. The fourth-order valence-corrected chi connectivity index (χ4v) is 2.40. The molecule has 0 aliphatic carbocycles. The summed E-state index contributed by atoms with van der Waals surface area (Å²) in [4.78, 5) is 28.4. The zero-order valence-corrected chi connectivity index (χ0v) is 14.9. The Balaban J connectivity index is 1.59. The number of hydrogen-bond acceptors (Lipinski definition) is 6. The average Bonchev–Trinajstić information content (AvgIpc) is 3.09. The van der Waals surface area contributed by atoms with E-state index < -0.39 is 18.5 Å². The van der Waals surface area contributed by atoms with Crippen LogP contribution in [0, 0.1) is 6.92 Å². The number of methoxy groups -OCH3 is 1. The molecule has 3 aromatic rings. The monoisotopic (exact) mass is 366 g/mol. The van der Waals surface area contributed by atoms with E-state index in [4.69, 9.17) is 9.47 Å². The molecule has 0 spiro atoms. The van der Waals surface area contributed by atoms with Crippen LogP contribution in [0.5, 0.6) is 5.75 Å². The molecule has 0 saturated carbocycles. The van der Waals surface area contributed by atoms with Crippen molar-refractivity contribution < 1.29 is 19.1 Å². The number of carbonyl (C=O) groups is 2. The van der Waals surface area contributed by atoms with Gasteiger partial charge in [0.1, 0.15) is 11.3 Å². The van der Waals surface area contributed by atoms with Crippen molar-refractivity contribution in [2.45, 2.75) is 6.92 Å². The van der Waals surface area contributed by atoms with Gasteiger partial charge in [0, 0.05) is 11.9 Å². The molecule has 0 atom stereocenters. The number of ether oxygens (including phenoxy) is 2. The summed E-state index contributed by atoms with van der Waals surface area (Å²) < 4.78 is 11.7. The summed E-state index contributed by atoms with van der Waals surface area (Å²) >= 11 is 0. The zero-order valence-electron chi connectivity index (χ0n) is 14.9. The van der Waals surface area contributed by atoms with Crippen LogP contribution in [0.2, 0.25) is 0 Å². The topological polar surface area (TPSA) is 95.3 Å².